The van der Waals surface area contributed by atoms with Crippen molar-refractivity contribution in [2.24, 2.45) is 0 Å². The summed E-state index contributed by atoms with van der Waals surface area (Å²) in [5.41, 5.74) is 3.02. The van der Waals surface area contributed by atoms with Crippen LogP contribution in [0.5, 0.6) is 0 Å². The second-order valence-corrected chi connectivity index (χ2v) is 6.67. The van der Waals surface area contributed by atoms with Gasteiger partial charge in [-0.25, -0.2) is 0 Å². The summed E-state index contributed by atoms with van der Waals surface area (Å²) in [5, 5.41) is 2.14. The Morgan fingerprint density at radius 2 is 2.00 bits per heavy atom. The third kappa shape index (κ3) is 2.50. The van der Waals surface area contributed by atoms with Crippen LogP contribution in [0.4, 0.5) is 0 Å². The van der Waals surface area contributed by atoms with Crippen molar-refractivity contribution in [1.29, 1.82) is 0 Å². The molecule has 4 aromatic rings. The molecule has 0 unspecified atom stereocenters. The van der Waals surface area contributed by atoms with Crippen molar-refractivity contribution in [1.82, 2.24) is 9.88 Å². The standard InChI is InChI=1S/C21H18N2O2/c24-21(20-12-14-4-1-2-7-19(14)25-20)23(16-8-9-16)13-15-5-3-6-18-17(15)10-11-22-18/h1-7,10-12,16,22H,8-9,13H2. The van der Waals surface area contributed by atoms with E-state index < -0.39 is 0 Å². The Morgan fingerprint density at radius 1 is 1.12 bits per heavy atom. The van der Waals surface area contributed by atoms with E-state index in [4.69, 9.17) is 4.42 Å². The molecule has 1 aliphatic rings. The molecule has 5 rings (SSSR count). The van der Waals surface area contributed by atoms with E-state index >= 15 is 0 Å². The highest BCUT2D eigenvalue weighted by Gasteiger charge is 2.34. The first-order chi connectivity index (χ1) is 12.3. The number of aromatic amines is 1. The highest BCUT2D eigenvalue weighted by Crippen LogP contribution is 2.32. The molecule has 0 saturated heterocycles. The molecule has 1 amide bonds. The molecule has 0 bridgehead atoms. The fourth-order valence-electron chi connectivity index (χ4n) is 3.45. The minimum atomic E-state index is -0.0220. The lowest BCUT2D eigenvalue weighted by atomic mass is 10.1. The van der Waals surface area contributed by atoms with Gasteiger partial charge in [0.1, 0.15) is 5.58 Å². The van der Waals surface area contributed by atoms with Crippen LogP contribution in [0.1, 0.15) is 29.0 Å². The van der Waals surface area contributed by atoms with Gasteiger partial charge in [0.05, 0.1) is 0 Å². The number of furan rings is 1. The van der Waals surface area contributed by atoms with E-state index in [1.165, 1.54) is 5.39 Å². The predicted octanol–water partition coefficient (Wildman–Crippen LogP) is 4.72. The summed E-state index contributed by atoms with van der Waals surface area (Å²) in [7, 11) is 0. The minimum Gasteiger partial charge on any atom is -0.451 e. The summed E-state index contributed by atoms with van der Waals surface area (Å²) in [4.78, 5) is 18.3. The molecule has 0 spiro atoms. The molecule has 25 heavy (non-hydrogen) atoms. The van der Waals surface area contributed by atoms with Gasteiger partial charge in [-0.2, -0.15) is 0 Å². The zero-order valence-electron chi connectivity index (χ0n) is 13.7. The maximum absolute atomic E-state index is 13.1. The summed E-state index contributed by atoms with van der Waals surface area (Å²) >= 11 is 0. The van der Waals surface area contributed by atoms with Gasteiger partial charge in [0.2, 0.25) is 0 Å². The van der Waals surface area contributed by atoms with Crippen LogP contribution in [-0.2, 0) is 6.54 Å². The number of benzene rings is 2. The van der Waals surface area contributed by atoms with Crippen molar-refractivity contribution in [3.63, 3.8) is 0 Å². The zero-order valence-corrected chi connectivity index (χ0v) is 13.7. The summed E-state index contributed by atoms with van der Waals surface area (Å²) in [6.45, 7) is 0.607. The fraction of sp³-hybridized carbons (Fsp3) is 0.190. The van der Waals surface area contributed by atoms with Crippen LogP contribution in [0.25, 0.3) is 21.9 Å². The number of nitrogens with zero attached hydrogens (tertiary/aromatic N) is 1. The molecule has 4 heteroatoms. The lowest BCUT2D eigenvalue weighted by molar-refractivity contribution is 0.0700. The van der Waals surface area contributed by atoms with E-state index in [0.717, 1.165) is 34.9 Å². The molecule has 0 radical (unpaired) electrons. The van der Waals surface area contributed by atoms with E-state index in [1.807, 2.05) is 47.5 Å². The van der Waals surface area contributed by atoms with Crippen LogP contribution in [0.3, 0.4) is 0 Å². The molecule has 2 heterocycles. The van der Waals surface area contributed by atoms with Crippen molar-refractivity contribution >= 4 is 27.8 Å². The monoisotopic (exact) mass is 330 g/mol. The normalized spacial score (nSPS) is 14.2. The number of nitrogens with one attached hydrogen (secondary N) is 1. The van der Waals surface area contributed by atoms with Gasteiger partial charge in [0.25, 0.3) is 5.91 Å². The quantitative estimate of drug-likeness (QED) is 0.588. The molecule has 0 atom stereocenters. The van der Waals surface area contributed by atoms with Crippen LogP contribution < -0.4 is 0 Å². The van der Waals surface area contributed by atoms with Crippen molar-refractivity contribution in [2.45, 2.75) is 25.4 Å². The summed E-state index contributed by atoms with van der Waals surface area (Å²) < 4.78 is 5.80. The molecule has 0 aliphatic heterocycles. The Bertz CT molecular complexity index is 1040. The summed E-state index contributed by atoms with van der Waals surface area (Å²) in [6, 6.07) is 18.2. The number of hydrogen-bond acceptors (Lipinski definition) is 2. The molecule has 1 N–H and O–H groups in total. The highest BCUT2D eigenvalue weighted by atomic mass is 16.3. The highest BCUT2D eigenvalue weighted by molar-refractivity contribution is 5.96. The first-order valence-corrected chi connectivity index (χ1v) is 8.64. The predicted molar refractivity (Wildman–Crippen MR) is 97.4 cm³/mol. The van der Waals surface area contributed by atoms with Crippen molar-refractivity contribution in [2.75, 3.05) is 0 Å². The average Bonchev–Trinajstić information content (AvgIpc) is 3.19. The minimum absolute atomic E-state index is 0.0220. The Balaban J connectivity index is 1.50. The van der Waals surface area contributed by atoms with E-state index in [1.54, 1.807) is 0 Å². The molecule has 1 fully saturated rings. The van der Waals surface area contributed by atoms with Gasteiger partial charge < -0.3 is 14.3 Å². The second-order valence-electron chi connectivity index (χ2n) is 6.67. The number of rotatable bonds is 4. The summed E-state index contributed by atoms with van der Waals surface area (Å²) in [6.07, 6.45) is 4.07. The van der Waals surface area contributed by atoms with Gasteiger partial charge in [-0.15, -0.1) is 0 Å². The Morgan fingerprint density at radius 3 is 2.84 bits per heavy atom. The van der Waals surface area contributed by atoms with Crippen molar-refractivity contribution in [3.05, 3.63) is 72.1 Å². The van der Waals surface area contributed by atoms with Crippen LogP contribution in [-0.4, -0.2) is 21.8 Å². The number of fused-ring (bicyclic) bond motifs is 2. The Hall–Kier alpha value is -3.01. The van der Waals surface area contributed by atoms with Crippen molar-refractivity contribution < 1.29 is 9.21 Å². The zero-order chi connectivity index (χ0) is 16.8. The van der Waals surface area contributed by atoms with Crippen LogP contribution in [0.2, 0.25) is 0 Å². The third-order valence-electron chi connectivity index (χ3n) is 4.91. The van der Waals surface area contributed by atoms with E-state index in [2.05, 4.69) is 23.2 Å². The van der Waals surface area contributed by atoms with Gasteiger partial charge in [-0.05, 0) is 42.7 Å². The lowest BCUT2D eigenvalue weighted by Gasteiger charge is -2.22. The molecule has 1 saturated carbocycles. The first kappa shape index (κ1) is 14.3. The third-order valence-corrected chi connectivity index (χ3v) is 4.91. The number of H-pyrrole nitrogens is 1. The molecular weight excluding hydrogens is 312 g/mol. The first-order valence-electron chi connectivity index (χ1n) is 8.64. The van der Waals surface area contributed by atoms with Gasteiger partial charge in [-0.1, -0.05) is 30.3 Å². The van der Waals surface area contributed by atoms with Crippen LogP contribution in [0.15, 0.2) is 65.2 Å². The Labute approximate surface area is 145 Å². The van der Waals surface area contributed by atoms with Crippen LogP contribution in [0, 0.1) is 0 Å². The second kappa shape index (κ2) is 5.52. The Kier molecular flexibility index (Phi) is 3.17. The fourth-order valence-corrected chi connectivity index (χ4v) is 3.45. The van der Waals surface area contributed by atoms with Gasteiger partial charge in [0.15, 0.2) is 5.76 Å². The molecule has 124 valence electrons. The number of aromatic nitrogens is 1. The average molecular weight is 330 g/mol. The van der Waals surface area contributed by atoms with Gasteiger partial charge in [-0.3, -0.25) is 4.79 Å². The lowest BCUT2D eigenvalue weighted by Crippen LogP contribution is -2.32. The number of hydrogen-bond donors (Lipinski definition) is 1. The van der Waals surface area contributed by atoms with E-state index in [0.29, 0.717) is 18.3 Å². The number of carbonyl (C=O) groups is 1. The smallest absolute Gasteiger partial charge is 0.290 e. The van der Waals surface area contributed by atoms with Crippen molar-refractivity contribution in [3.8, 4) is 0 Å². The number of carbonyl (C=O) groups excluding carboxylic acids is 1. The maximum Gasteiger partial charge on any atom is 0.290 e. The molecule has 2 aromatic heterocycles. The molecular formula is C21H18N2O2. The topological polar surface area (TPSA) is 49.2 Å². The molecule has 4 nitrogen and oxygen atoms in total. The summed E-state index contributed by atoms with van der Waals surface area (Å²) in [5.74, 6) is 0.403. The van der Waals surface area contributed by atoms with E-state index in [-0.39, 0.29) is 5.91 Å². The number of para-hydroxylation sites is 1. The number of amides is 1. The van der Waals surface area contributed by atoms with Gasteiger partial charge in [0, 0.05) is 35.1 Å². The largest absolute Gasteiger partial charge is 0.451 e. The SMILES string of the molecule is O=C(c1cc2ccccc2o1)N(Cc1cccc2[nH]ccc12)C1CC1. The maximum atomic E-state index is 13.1. The van der Waals surface area contributed by atoms with Gasteiger partial charge >= 0.3 is 0 Å². The molecule has 1 aliphatic carbocycles. The van der Waals surface area contributed by atoms with E-state index in [9.17, 15) is 4.79 Å². The van der Waals surface area contributed by atoms with Crippen LogP contribution >= 0.6 is 0 Å². The molecule has 2 aromatic carbocycles.